The standard InChI is InChI=1S/C28H48Br2O2/c1-21(2)9-7-11-23(5)13-15-31-27-17-26(20-30)28(18-25(27)19-29)32-16-14-24(6)12-8-10-22(3)4/h17-18,21-24H,7-16,19-20H2,1-6H3. The van der Waals surface area contributed by atoms with Gasteiger partial charge in [-0.3, -0.25) is 0 Å². The van der Waals surface area contributed by atoms with Gasteiger partial charge in [0, 0.05) is 21.8 Å². The van der Waals surface area contributed by atoms with Gasteiger partial charge in [0.05, 0.1) is 13.2 Å². The molecule has 0 aliphatic heterocycles. The molecule has 0 amide bonds. The van der Waals surface area contributed by atoms with Gasteiger partial charge in [0.25, 0.3) is 0 Å². The van der Waals surface area contributed by atoms with E-state index in [4.69, 9.17) is 9.47 Å². The Morgan fingerprint density at radius 2 is 0.969 bits per heavy atom. The fourth-order valence-corrected chi connectivity index (χ4v) is 4.78. The zero-order valence-electron chi connectivity index (χ0n) is 21.5. The van der Waals surface area contributed by atoms with Crippen molar-refractivity contribution in [3.63, 3.8) is 0 Å². The maximum atomic E-state index is 6.22. The Balaban J connectivity index is 2.55. The smallest absolute Gasteiger partial charge is 0.123 e. The molecule has 0 aliphatic carbocycles. The number of benzene rings is 1. The van der Waals surface area contributed by atoms with Gasteiger partial charge in [0.15, 0.2) is 0 Å². The highest BCUT2D eigenvalue weighted by atomic mass is 79.9. The average molecular weight is 576 g/mol. The van der Waals surface area contributed by atoms with E-state index in [1.807, 2.05) is 0 Å². The normalized spacial score (nSPS) is 13.6. The van der Waals surface area contributed by atoms with E-state index in [9.17, 15) is 0 Å². The molecule has 0 N–H and O–H groups in total. The number of halogens is 2. The molecule has 2 unspecified atom stereocenters. The maximum absolute atomic E-state index is 6.22. The monoisotopic (exact) mass is 574 g/mol. The highest BCUT2D eigenvalue weighted by Crippen LogP contribution is 2.33. The van der Waals surface area contributed by atoms with Crippen molar-refractivity contribution in [3.8, 4) is 11.5 Å². The van der Waals surface area contributed by atoms with Gasteiger partial charge < -0.3 is 9.47 Å². The van der Waals surface area contributed by atoms with Crippen molar-refractivity contribution in [3.05, 3.63) is 23.3 Å². The van der Waals surface area contributed by atoms with Gasteiger partial charge in [-0.2, -0.15) is 0 Å². The number of ether oxygens (including phenoxy) is 2. The lowest BCUT2D eigenvalue weighted by atomic mass is 9.97. The van der Waals surface area contributed by atoms with Gasteiger partial charge in [-0.15, -0.1) is 0 Å². The van der Waals surface area contributed by atoms with Crippen molar-refractivity contribution in [1.29, 1.82) is 0 Å². The molecule has 32 heavy (non-hydrogen) atoms. The van der Waals surface area contributed by atoms with Crippen molar-refractivity contribution < 1.29 is 9.47 Å². The first-order valence-corrected chi connectivity index (χ1v) is 15.0. The van der Waals surface area contributed by atoms with Gasteiger partial charge in [0.2, 0.25) is 0 Å². The Morgan fingerprint density at radius 3 is 1.28 bits per heavy atom. The van der Waals surface area contributed by atoms with Gasteiger partial charge in [-0.1, -0.05) is 112 Å². The zero-order chi connectivity index (χ0) is 23.9. The SMILES string of the molecule is CC(C)CCCC(C)CCOc1cc(CBr)c(OCCC(C)CCCC(C)C)cc1CBr. The van der Waals surface area contributed by atoms with Crippen LogP contribution in [0.2, 0.25) is 0 Å². The predicted octanol–water partition coefficient (Wildman–Crippen LogP) is 9.94. The summed E-state index contributed by atoms with van der Waals surface area (Å²) in [4.78, 5) is 0. The highest BCUT2D eigenvalue weighted by molar-refractivity contribution is 9.08. The van der Waals surface area contributed by atoms with Crippen molar-refractivity contribution in [2.24, 2.45) is 23.7 Å². The molecule has 0 saturated carbocycles. The number of hydrogen-bond acceptors (Lipinski definition) is 2. The first-order chi connectivity index (χ1) is 15.3. The molecular formula is C28H48Br2O2. The molecule has 4 heteroatoms. The zero-order valence-corrected chi connectivity index (χ0v) is 24.7. The Morgan fingerprint density at radius 1 is 0.594 bits per heavy atom. The second kappa shape index (κ2) is 17.2. The van der Waals surface area contributed by atoms with Crippen LogP contribution in [0.5, 0.6) is 11.5 Å². The molecule has 0 heterocycles. The van der Waals surface area contributed by atoms with E-state index in [0.29, 0.717) is 11.8 Å². The number of rotatable bonds is 18. The average Bonchev–Trinajstić information content (AvgIpc) is 2.73. The minimum Gasteiger partial charge on any atom is -0.493 e. The lowest BCUT2D eigenvalue weighted by molar-refractivity contribution is 0.266. The Labute approximate surface area is 215 Å². The quantitative estimate of drug-likeness (QED) is 0.162. The summed E-state index contributed by atoms with van der Waals surface area (Å²) in [5.74, 6) is 5.00. The van der Waals surface area contributed by atoms with E-state index in [1.54, 1.807) is 0 Å². The molecule has 0 aromatic heterocycles. The molecule has 0 fully saturated rings. The van der Waals surface area contributed by atoms with E-state index in [2.05, 4.69) is 85.5 Å². The summed E-state index contributed by atoms with van der Waals surface area (Å²) in [6, 6.07) is 4.33. The van der Waals surface area contributed by atoms with E-state index in [0.717, 1.165) is 60.1 Å². The summed E-state index contributed by atoms with van der Waals surface area (Å²) >= 11 is 7.28. The highest BCUT2D eigenvalue weighted by Gasteiger charge is 2.13. The van der Waals surface area contributed by atoms with E-state index < -0.39 is 0 Å². The first-order valence-electron chi connectivity index (χ1n) is 12.8. The minimum atomic E-state index is 0.710. The summed E-state index contributed by atoms with van der Waals surface area (Å²) < 4.78 is 12.4. The third kappa shape index (κ3) is 12.9. The predicted molar refractivity (Wildman–Crippen MR) is 148 cm³/mol. The third-order valence-corrected chi connectivity index (χ3v) is 7.43. The third-order valence-electron chi connectivity index (χ3n) is 6.22. The summed E-state index contributed by atoms with van der Waals surface area (Å²) in [7, 11) is 0. The molecular weight excluding hydrogens is 528 g/mol. The van der Waals surface area contributed by atoms with Gasteiger partial charge in [-0.05, 0) is 48.6 Å². The molecule has 1 aromatic rings. The maximum Gasteiger partial charge on any atom is 0.123 e. The molecule has 2 atom stereocenters. The van der Waals surface area contributed by atoms with Crippen LogP contribution in [0.1, 0.15) is 104 Å². The summed E-state index contributed by atoms with van der Waals surface area (Å²) in [6.45, 7) is 15.5. The Bertz CT molecular complexity index is 562. The van der Waals surface area contributed by atoms with Crippen LogP contribution in [0.4, 0.5) is 0 Å². The first kappa shape index (κ1) is 29.8. The van der Waals surface area contributed by atoms with Crippen LogP contribution in [-0.2, 0) is 10.7 Å². The minimum absolute atomic E-state index is 0.710. The molecule has 1 rings (SSSR count). The second-order valence-electron chi connectivity index (χ2n) is 10.5. The largest absolute Gasteiger partial charge is 0.493 e. The van der Waals surface area contributed by atoms with Crippen LogP contribution in [0.25, 0.3) is 0 Å². The van der Waals surface area contributed by atoms with E-state index in [1.165, 1.54) is 49.7 Å². The van der Waals surface area contributed by atoms with Gasteiger partial charge in [0.1, 0.15) is 11.5 Å². The molecule has 0 spiro atoms. The summed E-state index contributed by atoms with van der Waals surface area (Å²) in [5, 5.41) is 1.55. The van der Waals surface area contributed by atoms with Crippen molar-refractivity contribution in [2.45, 2.75) is 104 Å². The van der Waals surface area contributed by atoms with Crippen LogP contribution >= 0.6 is 31.9 Å². The molecule has 1 aromatic carbocycles. The van der Waals surface area contributed by atoms with Crippen molar-refractivity contribution >= 4 is 31.9 Å². The van der Waals surface area contributed by atoms with E-state index >= 15 is 0 Å². The molecule has 0 bridgehead atoms. The Hall–Kier alpha value is -0.220. The van der Waals surface area contributed by atoms with Crippen LogP contribution in [0.3, 0.4) is 0 Å². The summed E-state index contributed by atoms with van der Waals surface area (Å²) in [5.41, 5.74) is 2.34. The van der Waals surface area contributed by atoms with E-state index in [-0.39, 0.29) is 0 Å². The van der Waals surface area contributed by atoms with Crippen molar-refractivity contribution in [1.82, 2.24) is 0 Å². The number of hydrogen-bond donors (Lipinski definition) is 0. The topological polar surface area (TPSA) is 18.5 Å². The molecule has 0 saturated heterocycles. The lowest BCUT2D eigenvalue weighted by Crippen LogP contribution is -2.08. The molecule has 186 valence electrons. The van der Waals surface area contributed by atoms with Crippen LogP contribution in [-0.4, -0.2) is 13.2 Å². The second-order valence-corrected chi connectivity index (χ2v) is 11.6. The molecule has 0 aliphatic rings. The van der Waals surface area contributed by atoms with Crippen LogP contribution in [0.15, 0.2) is 12.1 Å². The molecule has 2 nitrogen and oxygen atoms in total. The fraction of sp³-hybridized carbons (Fsp3) is 0.786. The van der Waals surface area contributed by atoms with Gasteiger partial charge in [-0.25, -0.2) is 0 Å². The van der Waals surface area contributed by atoms with Crippen LogP contribution in [0, 0.1) is 23.7 Å². The summed E-state index contributed by atoms with van der Waals surface area (Å²) in [6.07, 6.45) is 10.1. The Kier molecular flexibility index (Phi) is 16.1. The van der Waals surface area contributed by atoms with Crippen molar-refractivity contribution in [2.75, 3.05) is 13.2 Å². The van der Waals surface area contributed by atoms with Gasteiger partial charge >= 0.3 is 0 Å². The molecule has 0 radical (unpaired) electrons. The number of alkyl halides is 2. The van der Waals surface area contributed by atoms with Crippen LogP contribution < -0.4 is 9.47 Å². The fourth-order valence-electron chi connectivity index (χ4n) is 3.90. The lowest BCUT2D eigenvalue weighted by Gasteiger charge is -2.18.